The molecule has 1 saturated carbocycles. The van der Waals surface area contributed by atoms with Crippen LogP contribution in [-0.2, 0) is 14.3 Å². The van der Waals surface area contributed by atoms with Gasteiger partial charge in [-0.05, 0) is 26.2 Å². The van der Waals surface area contributed by atoms with Crippen molar-refractivity contribution in [3.63, 3.8) is 0 Å². The summed E-state index contributed by atoms with van der Waals surface area (Å²) in [7, 11) is 0. The molecule has 104 valence electrons. The van der Waals surface area contributed by atoms with Crippen LogP contribution in [0.4, 0.5) is 4.79 Å². The number of nitrogens with one attached hydrogen (secondary N) is 1. The summed E-state index contributed by atoms with van der Waals surface area (Å²) in [5.74, 6) is -0.732. The van der Waals surface area contributed by atoms with Gasteiger partial charge < -0.3 is 4.74 Å². The molecular formula is C13H18N2O4. The highest BCUT2D eigenvalue weighted by Gasteiger charge is 2.57. The topological polar surface area (TPSA) is 75.7 Å². The van der Waals surface area contributed by atoms with Gasteiger partial charge in [0.2, 0.25) is 11.8 Å². The van der Waals surface area contributed by atoms with Crippen LogP contribution in [0.2, 0.25) is 0 Å². The maximum atomic E-state index is 12.7. The summed E-state index contributed by atoms with van der Waals surface area (Å²) in [6.45, 7) is 2.40. The van der Waals surface area contributed by atoms with E-state index in [1.807, 2.05) is 6.92 Å². The predicted molar refractivity (Wildman–Crippen MR) is 65.1 cm³/mol. The maximum Gasteiger partial charge on any atom is 0.331 e. The Morgan fingerprint density at radius 3 is 2.53 bits per heavy atom. The first-order valence-corrected chi connectivity index (χ1v) is 6.87. The van der Waals surface area contributed by atoms with Gasteiger partial charge in [-0.2, -0.15) is 0 Å². The third kappa shape index (κ3) is 1.69. The minimum Gasteiger partial charge on any atom is -0.376 e. The first-order chi connectivity index (χ1) is 9.06. The van der Waals surface area contributed by atoms with Crippen LogP contribution in [0.3, 0.4) is 0 Å². The zero-order valence-electron chi connectivity index (χ0n) is 11.0. The van der Waals surface area contributed by atoms with Gasteiger partial charge in [0.05, 0.1) is 12.1 Å². The number of amides is 4. The molecule has 1 aliphatic carbocycles. The second kappa shape index (κ2) is 4.30. The van der Waals surface area contributed by atoms with Crippen molar-refractivity contribution in [2.24, 2.45) is 5.41 Å². The lowest BCUT2D eigenvalue weighted by atomic mass is 9.81. The summed E-state index contributed by atoms with van der Waals surface area (Å²) < 4.78 is 5.43. The number of carbonyl (C=O) groups is 3. The second-order valence-corrected chi connectivity index (χ2v) is 5.66. The maximum absolute atomic E-state index is 12.7. The van der Waals surface area contributed by atoms with Crippen molar-refractivity contribution in [1.29, 1.82) is 0 Å². The van der Waals surface area contributed by atoms with Gasteiger partial charge in [0.15, 0.2) is 0 Å². The van der Waals surface area contributed by atoms with Crippen LogP contribution in [0.1, 0.15) is 39.0 Å². The summed E-state index contributed by atoms with van der Waals surface area (Å²) in [5.41, 5.74) is -1.00. The molecule has 3 rings (SSSR count). The lowest BCUT2D eigenvalue weighted by molar-refractivity contribution is -0.153. The quantitative estimate of drug-likeness (QED) is 0.712. The minimum absolute atomic E-state index is 0.165. The number of carbonyl (C=O) groups excluding carboxylic acids is 3. The Labute approximate surface area is 111 Å². The Balaban J connectivity index is 1.93. The molecule has 6 nitrogen and oxygen atoms in total. The molecule has 1 spiro atoms. The summed E-state index contributed by atoms with van der Waals surface area (Å²) in [6.07, 6.45) is 3.29. The van der Waals surface area contributed by atoms with E-state index in [1.54, 1.807) is 0 Å². The largest absolute Gasteiger partial charge is 0.376 e. The van der Waals surface area contributed by atoms with Gasteiger partial charge in [-0.1, -0.05) is 12.8 Å². The molecule has 3 fully saturated rings. The molecule has 4 amide bonds. The third-order valence-corrected chi connectivity index (χ3v) is 4.63. The van der Waals surface area contributed by atoms with Gasteiger partial charge in [0.1, 0.15) is 5.41 Å². The van der Waals surface area contributed by atoms with Gasteiger partial charge >= 0.3 is 6.03 Å². The van der Waals surface area contributed by atoms with Crippen LogP contribution in [0.5, 0.6) is 0 Å². The van der Waals surface area contributed by atoms with Gasteiger partial charge in [-0.3, -0.25) is 19.8 Å². The van der Waals surface area contributed by atoms with Crippen LogP contribution in [0.15, 0.2) is 0 Å². The van der Waals surface area contributed by atoms with Crippen molar-refractivity contribution in [2.45, 2.75) is 51.2 Å². The number of hydrogen-bond donors (Lipinski definition) is 1. The van der Waals surface area contributed by atoms with Crippen molar-refractivity contribution < 1.29 is 19.1 Å². The van der Waals surface area contributed by atoms with Crippen molar-refractivity contribution in [2.75, 3.05) is 6.61 Å². The van der Waals surface area contributed by atoms with Crippen molar-refractivity contribution in [3.05, 3.63) is 0 Å². The highest BCUT2D eigenvalue weighted by molar-refractivity contribution is 6.19. The van der Waals surface area contributed by atoms with E-state index in [-0.39, 0.29) is 18.1 Å². The van der Waals surface area contributed by atoms with E-state index >= 15 is 0 Å². The fourth-order valence-corrected chi connectivity index (χ4v) is 3.48. The number of rotatable bonds is 1. The van der Waals surface area contributed by atoms with Crippen molar-refractivity contribution in [1.82, 2.24) is 10.2 Å². The number of barbiturate groups is 1. The molecule has 2 saturated heterocycles. The Hall–Kier alpha value is -1.43. The van der Waals surface area contributed by atoms with Gasteiger partial charge in [0.25, 0.3) is 0 Å². The predicted octanol–water partition coefficient (Wildman–Crippen LogP) is 0.803. The Kier molecular flexibility index (Phi) is 2.85. The molecule has 0 aromatic heterocycles. The van der Waals surface area contributed by atoms with Crippen LogP contribution in [0, 0.1) is 5.41 Å². The second-order valence-electron chi connectivity index (χ2n) is 5.66. The van der Waals surface area contributed by atoms with Crippen molar-refractivity contribution >= 4 is 17.8 Å². The first-order valence-electron chi connectivity index (χ1n) is 6.87. The zero-order chi connectivity index (χ0) is 13.6. The zero-order valence-corrected chi connectivity index (χ0v) is 11.0. The molecule has 19 heavy (non-hydrogen) atoms. The Morgan fingerprint density at radius 2 is 1.95 bits per heavy atom. The first kappa shape index (κ1) is 12.6. The monoisotopic (exact) mass is 266 g/mol. The standard InChI is InChI=1S/C13H18N2O4/c1-8-9(4-7-19-8)15-11(17)13(5-2-3-6-13)10(16)14-12(15)18/h8-9H,2-7H2,1H3,(H,14,16,18). The van der Waals surface area contributed by atoms with Gasteiger partial charge in [0, 0.05) is 6.61 Å². The highest BCUT2D eigenvalue weighted by Crippen LogP contribution is 2.43. The fourth-order valence-electron chi connectivity index (χ4n) is 3.48. The molecule has 2 atom stereocenters. The molecule has 2 unspecified atom stereocenters. The number of urea groups is 1. The Bertz CT molecular complexity index is 442. The molecule has 2 heterocycles. The van der Waals surface area contributed by atoms with Crippen molar-refractivity contribution in [3.8, 4) is 0 Å². The summed E-state index contributed by atoms with van der Waals surface area (Å²) in [6, 6.07) is -0.840. The smallest absolute Gasteiger partial charge is 0.331 e. The minimum atomic E-state index is -1.00. The molecule has 2 aliphatic heterocycles. The van der Waals surface area contributed by atoms with Gasteiger partial charge in [-0.25, -0.2) is 4.79 Å². The molecule has 6 heteroatoms. The SMILES string of the molecule is CC1OCCC1N1C(=O)NC(=O)C2(CCCC2)C1=O. The van der Waals surface area contributed by atoms with Crippen LogP contribution in [0.25, 0.3) is 0 Å². The summed E-state index contributed by atoms with van der Waals surface area (Å²) >= 11 is 0. The number of ether oxygens (including phenoxy) is 1. The lowest BCUT2D eigenvalue weighted by Crippen LogP contribution is -2.66. The van der Waals surface area contributed by atoms with E-state index in [2.05, 4.69) is 5.32 Å². The molecule has 0 radical (unpaired) electrons. The number of imide groups is 2. The third-order valence-electron chi connectivity index (χ3n) is 4.63. The Morgan fingerprint density at radius 1 is 1.26 bits per heavy atom. The normalized spacial score (nSPS) is 34.2. The van der Waals surface area contributed by atoms with Gasteiger partial charge in [-0.15, -0.1) is 0 Å². The number of nitrogens with zero attached hydrogens (tertiary/aromatic N) is 1. The number of hydrogen-bond acceptors (Lipinski definition) is 4. The molecule has 0 aromatic rings. The molecule has 3 aliphatic rings. The average Bonchev–Trinajstić information content (AvgIpc) is 2.98. The van der Waals surface area contributed by atoms with E-state index in [1.165, 1.54) is 4.90 Å². The van der Waals surface area contributed by atoms with E-state index in [4.69, 9.17) is 4.74 Å². The van der Waals surface area contributed by atoms with Crippen LogP contribution in [-0.4, -0.2) is 41.5 Å². The lowest BCUT2D eigenvalue weighted by Gasteiger charge is -2.40. The fraction of sp³-hybridized carbons (Fsp3) is 0.769. The van der Waals surface area contributed by atoms with E-state index < -0.39 is 17.4 Å². The highest BCUT2D eigenvalue weighted by atomic mass is 16.5. The molecule has 0 aromatic carbocycles. The summed E-state index contributed by atoms with van der Waals surface area (Å²) in [4.78, 5) is 38.0. The van der Waals surface area contributed by atoms with E-state index in [0.29, 0.717) is 25.9 Å². The average molecular weight is 266 g/mol. The van der Waals surface area contributed by atoms with E-state index in [9.17, 15) is 14.4 Å². The molecular weight excluding hydrogens is 248 g/mol. The van der Waals surface area contributed by atoms with Crippen LogP contribution < -0.4 is 5.32 Å². The van der Waals surface area contributed by atoms with E-state index in [0.717, 1.165) is 12.8 Å². The summed E-state index contributed by atoms with van der Waals surface area (Å²) in [5, 5.41) is 2.36. The molecule has 0 bridgehead atoms. The molecule has 1 N–H and O–H groups in total. The van der Waals surface area contributed by atoms with Crippen LogP contribution >= 0.6 is 0 Å².